The van der Waals surface area contributed by atoms with E-state index in [4.69, 9.17) is 0 Å². The van der Waals surface area contributed by atoms with Crippen molar-refractivity contribution in [1.29, 1.82) is 0 Å². The fraction of sp³-hybridized carbons (Fsp3) is 0.500. The Balaban J connectivity index is 2.83. The first-order valence-electron chi connectivity index (χ1n) is 2.37. The molecule has 1 heterocycles. The largest absolute Gasteiger partial charge is 0.264 e. The SMILES string of the molecule is C=C1N=CC1(C)C. The smallest absolute Gasteiger partial charge is 0.0438 e. The third kappa shape index (κ3) is 0.483. The van der Waals surface area contributed by atoms with E-state index in [1.54, 1.807) is 0 Å². The molecule has 0 fully saturated rings. The van der Waals surface area contributed by atoms with Gasteiger partial charge in [-0.25, -0.2) is 0 Å². The maximum absolute atomic E-state index is 3.90. The summed E-state index contributed by atoms with van der Waals surface area (Å²) in [5.74, 6) is 0. The molecule has 1 heteroatoms. The minimum Gasteiger partial charge on any atom is -0.264 e. The lowest BCUT2D eigenvalue weighted by molar-refractivity contribution is 0.594. The molecule has 7 heavy (non-hydrogen) atoms. The van der Waals surface area contributed by atoms with Gasteiger partial charge in [0, 0.05) is 17.3 Å². The van der Waals surface area contributed by atoms with Gasteiger partial charge in [0.1, 0.15) is 0 Å². The summed E-state index contributed by atoms with van der Waals surface area (Å²) in [5, 5.41) is 0. The van der Waals surface area contributed by atoms with E-state index < -0.39 is 0 Å². The van der Waals surface area contributed by atoms with Gasteiger partial charge in [-0.15, -0.1) is 0 Å². The average molecular weight is 95.1 g/mol. The second-order valence-electron chi connectivity index (χ2n) is 2.43. The summed E-state index contributed by atoms with van der Waals surface area (Å²) in [6.45, 7) is 7.91. The Bertz CT molecular complexity index is 131. The van der Waals surface area contributed by atoms with Crippen molar-refractivity contribution in [1.82, 2.24) is 0 Å². The van der Waals surface area contributed by atoms with Gasteiger partial charge in [0.2, 0.25) is 0 Å². The molecule has 0 radical (unpaired) electrons. The van der Waals surface area contributed by atoms with Crippen LogP contribution in [0.25, 0.3) is 0 Å². The van der Waals surface area contributed by atoms with Gasteiger partial charge >= 0.3 is 0 Å². The van der Waals surface area contributed by atoms with Crippen LogP contribution in [0, 0.1) is 5.41 Å². The van der Waals surface area contributed by atoms with E-state index in [1.165, 1.54) is 0 Å². The van der Waals surface area contributed by atoms with Crippen LogP contribution in [0.5, 0.6) is 0 Å². The highest BCUT2D eigenvalue weighted by molar-refractivity contribution is 5.77. The van der Waals surface area contributed by atoms with E-state index in [2.05, 4.69) is 25.4 Å². The van der Waals surface area contributed by atoms with Crippen LogP contribution in [0.1, 0.15) is 13.8 Å². The summed E-state index contributed by atoms with van der Waals surface area (Å²) < 4.78 is 0. The molecular weight excluding hydrogens is 86.1 g/mol. The molecule has 0 saturated carbocycles. The highest BCUT2D eigenvalue weighted by atomic mass is 14.8. The molecule has 0 aliphatic carbocycles. The zero-order valence-corrected chi connectivity index (χ0v) is 4.73. The monoisotopic (exact) mass is 95.1 g/mol. The van der Waals surface area contributed by atoms with Crippen LogP contribution in [-0.2, 0) is 0 Å². The van der Waals surface area contributed by atoms with Gasteiger partial charge in [-0.3, -0.25) is 4.99 Å². The molecule has 0 spiro atoms. The lowest BCUT2D eigenvalue weighted by Crippen LogP contribution is -2.22. The lowest BCUT2D eigenvalue weighted by atomic mass is 9.87. The van der Waals surface area contributed by atoms with Crippen LogP contribution in [0.3, 0.4) is 0 Å². The lowest BCUT2D eigenvalue weighted by Gasteiger charge is -2.26. The zero-order chi connectivity index (χ0) is 5.49. The fourth-order valence-electron chi connectivity index (χ4n) is 0.414. The summed E-state index contributed by atoms with van der Waals surface area (Å²) in [4.78, 5) is 3.90. The van der Waals surface area contributed by atoms with Gasteiger partial charge in [0.15, 0.2) is 0 Å². The summed E-state index contributed by atoms with van der Waals surface area (Å²) in [6.07, 6.45) is 1.91. The molecule has 1 aliphatic heterocycles. The Morgan fingerprint density at radius 2 is 2.14 bits per heavy atom. The van der Waals surface area contributed by atoms with Crippen molar-refractivity contribution in [2.75, 3.05) is 0 Å². The van der Waals surface area contributed by atoms with Crippen LogP contribution >= 0.6 is 0 Å². The predicted molar refractivity (Wildman–Crippen MR) is 31.4 cm³/mol. The summed E-state index contributed by atoms with van der Waals surface area (Å²) in [7, 11) is 0. The van der Waals surface area contributed by atoms with Gasteiger partial charge in [0.05, 0.1) is 0 Å². The first kappa shape index (κ1) is 4.57. The Labute approximate surface area is 43.8 Å². The van der Waals surface area contributed by atoms with Crippen molar-refractivity contribution in [3.05, 3.63) is 12.3 Å². The van der Waals surface area contributed by atoms with E-state index in [0.29, 0.717) is 0 Å². The molecule has 0 aromatic carbocycles. The van der Waals surface area contributed by atoms with Crippen LogP contribution in [0.15, 0.2) is 17.3 Å². The summed E-state index contributed by atoms with van der Waals surface area (Å²) >= 11 is 0. The molecule has 0 atom stereocenters. The van der Waals surface area contributed by atoms with E-state index >= 15 is 0 Å². The van der Waals surface area contributed by atoms with Crippen molar-refractivity contribution in [2.24, 2.45) is 10.4 Å². The number of hydrogen-bond donors (Lipinski definition) is 0. The van der Waals surface area contributed by atoms with E-state index in [0.717, 1.165) is 5.70 Å². The van der Waals surface area contributed by atoms with Gasteiger partial charge in [-0.1, -0.05) is 6.58 Å². The molecule has 1 aliphatic rings. The Kier molecular flexibility index (Phi) is 0.633. The highest BCUT2D eigenvalue weighted by Crippen LogP contribution is 2.30. The highest BCUT2D eigenvalue weighted by Gasteiger charge is 2.25. The molecule has 0 N–H and O–H groups in total. The number of hydrogen-bond acceptors (Lipinski definition) is 1. The number of nitrogens with zero attached hydrogens (tertiary/aromatic N) is 1. The van der Waals surface area contributed by atoms with Crippen molar-refractivity contribution in [3.63, 3.8) is 0 Å². The van der Waals surface area contributed by atoms with Gasteiger partial charge < -0.3 is 0 Å². The molecule has 0 bridgehead atoms. The first-order chi connectivity index (χ1) is 3.13. The molecule has 0 unspecified atom stereocenters. The van der Waals surface area contributed by atoms with Gasteiger partial charge in [-0.05, 0) is 13.8 Å². The van der Waals surface area contributed by atoms with Crippen molar-refractivity contribution in [2.45, 2.75) is 13.8 Å². The van der Waals surface area contributed by atoms with Crippen molar-refractivity contribution in [3.8, 4) is 0 Å². The van der Waals surface area contributed by atoms with Crippen LogP contribution in [0.4, 0.5) is 0 Å². The summed E-state index contributed by atoms with van der Waals surface area (Å²) in [5.41, 5.74) is 1.19. The molecule has 38 valence electrons. The van der Waals surface area contributed by atoms with Crippen LogP contribution in [0.2, 0.25) is 0 Å². The first-order valence-corrected chi connectivity index (χ1v) is 2.37. The fourth-order valence-corrected chi connectivity index (χ4v) is 0.414. The second-order valence-corrected chi connectivity index (χ2v) is 2.43. The maximum atomic E-state index is 3.90. The Morgan fingerprint density at radius 1 is 1.71 bits per heavy atom. The van der Waals surface area contributed by atoms with Crippen molar-refractivity contribution < 1.29 is 0 Å². The molecule has 1 rings (SSSR count). The van der Waals surface area contributed by atoms with Crippen LogP contribution in [-0.4, -0.2) is 6.21 Å². The average Bonchev–Trinajstić information content (AvgIpc) is 1.63. The predicted octanol–water partition coefficient (Wildman–Crippen LogP) is 1.61. The minimum atomic E-state index is 0.194. The zero-order valence-electron chi connectivity index (χ0n) is 4.73. The third-order valence-corrected chi connectivity index (χ3v) is 1.29. The topological polar surface area (TPSA) is 12.4 Å². The minimum absolute atomic E-state index is 0.194. The number of allylic oxidation sites excluding steroid dienone is 1. The van der Waals surface area contributed by atoms with Crippen molar-refractivity contribution >= 4 is 6.21 Å². The number of aliphatic imine (C=N–C) groups is 1. The van der Waals surface area contributed by atoms with E-state index in [1.807, 2.05) is 6.21 Å². The summed E-state index contributed by atoms with van der Waals surface area (Å²) in [6, 6.07) is 0. The number of rotatable bonds is 0. The van der Waals surface area contributed by atoms with Crippen LogP contribution < -0.4 is 0 Å². The quantitative estimate of drug-likeness (QED) is 0.433. The molecule has 0 aromatic heterocycles. The third-order valence-electron chi connectivity index (χ3n) is 1.29. The Hall–Kier alpha value is -0.590. The normalized spacial score (nSPS) is 24.6. The molecule has 1 nitrogen and oxygen atoms in total. The second kappa shape index (κ2) is 0.971. The molecule has 0 aromatic rings. The maximum Gasteiger partial charge on any atom is 0.0438 e. The van der Waals surface area contributed by atoms with E-state index in [9.17, 15) is 0 Å². The molecular formula is C6H9N. The molecule has 0 amide bonds. The van der Waals surface area contributed by atoms with Gasteiger partial charge in [0.25, 0.3) is 0 Å². The van der Waals surface area contributed by atoms with E-state index in [-0.39, 0.29) is 5.41 Å². The molecule has 0 saturated heterocycles. The van der Waals surface area contributed by atoms with Gasteiger partial charge in [-0.2, -0.15) is 0 Å². The Morgan fingerprint density at radius 3 is 2.14 bits per heavy atom. The standard InChI is InChI=1S/C6H9N/c1-5-6(2,3)4-7-5/h4H,1H2,2-3H3.